The van der Waals surface area contributed by atoms with Crippen LogP contribution in [0.3, 0.4) is 0 Å². The minimum atomic E-state index is -0.558. The molecule has 0 spiro atoms. The highest BCUT2D eigenvalue weighted by molar-refractivity contribution is 5.57. The molecule has 3 aromatic heterocycles. The molecular weight excluding hydrogens is 456 g/mol. The van der Waals surface area contributed by atoms with Crippen LogP contribution in [0.5, 0.6) is 0 Å². The topological polar surface area (TPSA) is 124 Å². The van der Waals surface area contributed by atoms with Crippen LogP contribution in [0.25, 0.3) is 17.3 Å². The van der Waals surface area contributed by atoms with E-state index in [4.69, 9.17) is 0 Å². The van der Waals surface area contributed by atoms with Crippen molar-refractivity contribution < 1.29 is 0 Å². The zero-order chi connectivity index (χ0) is 25.1. The van der Waals surface area contributed by atoms with Crippen molar-refractivity contribution in [2.24, 2.45) is 0 Å². The van der Waals surface area contributed by atoms with Crippen LogP contribution in [0.4, 0.5) is 0 Å². The van der Waals surface area contributed by atoms with Crippen molar-refractivity contribution in [2.75, 3.05) is 0 Å². The predicted molar refractivity (Wildman–Crippen MR) is 135 cm³/mol. The van der Waals surface area contributed by atoms with Crippen LogP contribution in [0.1, 0.15) is 50.9 Å². The van der Waals surface area contributed by atoms with Crippen LogP contribution >= 0.6 is 0 Å². The molecule has 0 saturated heterocycles. The fourth-order valence-electron chi connectivity index (χ4n) is 4.57. The van der Waals surface area contributed by atoms with Gasteiger partial charge in [-0.15, -0.1) is 5.10 Å². The van der Waals surface area contributed by atoms with E-state index in [0.717, 1.165) is 36.1 Å². The zero-order valence-corrected chi connectivity index (χ0v) is 20.7. The number of H-pyrrole nitrogens is 1. The third-order valence-electron chi connectivity index (χ3n) is 6.50. The molecule has 1 aliphatic rings. The second kappa shape index (κ2) is 9.76. The van der Waals surface area contributed by atoms with Gasteiger partial charge >= 0.3 is 5.69 Å². The summed E-state index contributed by atoms with van der Waals surface area (Å²) in [6, 6.07) is 8.14. The fourth-order valence-corrected chi connectivity index (χ4v) is 4.57. The number of aryl methyl sites for hydroxylation is 1. The third kappa shape index (κ3) is 4.28. The highest BCUT2D eigenvalue weighted by atomic mass is 16.2. The van der Waals surface area contributed by atoms with Crippen molar-refractivity contribution in [3.05, 3.63) is 83.1 Å². The van der Waals surface area contributed by atoms with Gasteiger partial charge in [-0.3, -0.25) is 4.57 Å². The number of imidazole rings is 1. The molecule has 0 aliphatic carbocycles. The second-order valence-corrected chi connectivity index (χ2v) is 9.27. The number of nitrogens with one attached hydrogen (secondary N) is 2. The molecule has 0 radical (unpaired) electrons. The molecule has 186 valence electrons. The summed E-state index contributed by atoms with van der Waals surface area (Å²) in [5, 5.41) is 21.8. The van der Waals surface area contributed by atoms with Crippen molar-refractivity contribution in [1.82, 2.24) is 49.8 Å². The molecule has 11 heteroatoms. The van der Waals surface area contributed by atoms with Crippen molar-refractivity contribution in [3.8, 4) is 17.3 Å². The first-order chi connectivity index (χ1) is 17.5. The number of hydrogen-bond donors (Lipinski definition) is 2. The Morgan fingerprint density at radius 3 is 2.72 bits per heavy atom. The van der Waals surface area contributed by atoms with Crippen LogP contribution < -0.4 is 11.0 Å². The summed E-state index contributed by atoms with van der Waals surface area (Å²) in [5.74, 6) is 1.12. The second-order valence-electron chi connectivity index (χ2n) is 9.27. The Bertz CT molecular complexity index is 1430. The normalized spacial score (nSPS) is 14.4. The van der Waals surface area contributed by atoms with Crippen LogP contribution in [-0.2, 0) is 18.4 Å². The van der Waals surface area contributed by atoms with Gasteiger partial charge in [0.25, 0.3) is 0 Å². The molecule has 0 fully saturated rings. The first-order valence-electron chi connectivity index (χ1n) is 12.2. The Kier molecular flexibility index (Phi) is 6.36. The Labute approximate surface area is 208 Å². The lowest BCUT2D eigenvalue weighted by Crippen LogP contribution is -2.36. The van der Waals surface area contributed by atoms with E-state index < -0.39 is 5.41 Å². The number of allylic oxidation sites excluding steroid dienone is 2. The molecule has 2 N–H and O–H groups in total. The van der Waals surface area contributed by atoms with Gasteiger partial charge in [0.2, 0.25) is 5.95 Å². The first kappa shape index (κ1) is 23.5. The highest BCUT2D eigenvalue weighted by Crippen LogP contribution is 2.33. The van der Waals surface area contributed by atoms with Crippen LogP contribution in [0.2, 0.25) is 0 Å². The summed E-state index contributed by atoms with van der Waals surface area (Å²) in [7, 11) is 0. The number of nitrogens with zero attached hydrogens (tertiary/aromatic N) is 8. The highest BCUT2D eigenvalue weighted by Gasteiger charge is 2.32. The molecule has 1 aromatic carbocycles. The lowest BCUT2D eigenvalue weighted by molar-refractivity contribution is 0.489. The summed E-state index contributed by atoms with van der Waals surface area (Å²) < 4.78 is 5.26. The van der Waals surface area contributed by atoms with E-state index in [-0.39, 0.29) is 11.7 Å². The summed E-state index contributed by atoms with van der Waals surface area (Å²) in [6.45, 7) is 6.63. The van der Waals surface area contributed by atoms with Crippen molar-refractivity contribution in [1.29, 1.82) is 0 Å². The summed E-state index contributed by atoms with van der Waals surface area (Å²) >= 11 is 0. The van der Waals surface area contributed by atoms with Gasteiger partial charge < -0.3 is 5.32 Å². The molecule has 11 nitrogen and oxygen atoms in total. The number of dihydropyridines is 1. The summed E-state index contributed by atoms with van der Waals surface area (Å²) in [4.78, 5) is 18.3. The molecule has 4 aromatic rings. The molecule has 0 atom stereocenters. The Balaban J connectivity index is 1.62. The number of rotatable bonds is 9. The number of benzene rings is 1. The molecule has 0 unspecified atom stereocenters. The van der Waals surface area contributed by atoms with E-state index in [9.17, 15) is 4.79 Å². The monoisotopic (exact) mass is 486 g/mol. The van der Waals surface area contributed by atoms with E-state index in [1.54, 1.807) is 9.25 Å². The van der Waals surface area contributed by atoms with Gasteiger partial charge in [0.05, 0.1) is 11.5 Å². The van der Waals surface area contributed by atoms with Gasteiger partial charge in [0.15, 0.2) is 5.82 Å². The average molecular weight is 487 g/mol. The molecule has 1 aliphatic heterocycles. The minimum Gasteiger partial charge on any atom is -0.368 e. The fraction of sp³-hybridized carbons (Fsp3) is 0.360. The van der Waals surface area contributed by atoms with Crippen LogP contribution in [-0.4, -0.2) is 44.5 Å². The van der Waals surface area contributed by atoms with Gasteiger partial charge in [-0.1, -0.05) is 43.7 Å². The minimum absolute atomic E-state index is 0.0757. The van der Waals surface area contributed by atoms with Gasteiger partial charge in [-0.2, -0.15) is 10.1 Å². The lowest BCUT2D eigenvalue weighted by Gasteiger charge is -2.31. The summed E-state index contributed by atoms with van der Waals surface area (Å²) in [6.07, 6.45) is 14.2. The van der Waals surface area contributed by atoms with Crippen LogP contribution in [0.15, 0.2) is 66.1 Å². The maximum Gasteiger partial charge on any atom is 0.335 e. The number of aromatic nitrogens is 9. The van der Waals surface area contributed by atoms with Crippen LogP contribution in [0, 0.1) is 0 Å². The molecule has 36 heavy (non-hydrogen) atoms. The predicted octanol–water partition coefficient (Wildman–Crippen LogP) is 2.90. The molecule has 0 amide bonds. The first-order valence-corrected chi connectivity index (χ1v) is 12.2. The summed E-state index contributed by atoms with van der Waals surface area (Å²) in [5.41, 5.74) is 2.18. The van der Waals surface area contributed by atoms with E-state index in [0.29, 0.717) is 18.3 Å². The molecular formula is C25H30N10O. The number of tetrazole rings is 1. The maximum absolute atomic E-state index is 13.9. The molecule has 0 bridgehead atoms. The Hall–Kier alpha value is -4.28. The number of hydrogen-bond acceptors (Lipinski definition) is 7. The smallest absolute Gasteiger partial charge is 0.335 e. The Morgan fingerprint density at radius 1 is 1.17 bits per heavy atom. The van der Waals surface area contributed by atoms with Crippen molar-refractivity contribution in [3.63, 3.8) is 0 Å². The molecule has 4 heterocycles. The van der Waals surface area contributed by atoms with Gasteiger partial charge in [0, 0.05) is 24.0 Å². The van der Waals surface area contributed by atoms with Gasteiger partial charge in [-0.05, 0) is 61.1 Å². The third-order valence-corrected chi connectivity index (χ3v) is 6.50. The molecule has 0 saturated carbocycles. The average Bonchev–Trinajstić information content (AvgIpc) is 3.65. The van der Waals surface area contributed by atoms with E-state index in [1.165, 1.54) is 6.33 Å². The SMILES string of the molecule is CCCCc1cn(-c2ncnn2C(C)C)c(=O)n1CC1(c2cccc(-c3nnn[nH]3)c2)C=CNC=C1. The van der Waals surface area contributed by atoms with Crippen molar-refractivity contribution in [2.45, 2.75) is 58.0 Å². The van der Waals surface area contributed by atoms with E-state index in [1.807, 2.05) is 49.1 Å². The molecule has 5 rings (SSSR count). The maximum atomic E-state index is 13.9. The Morgan fingerprint density at radius 2 is 2.00 bits per heavy atom. The number of unbranched alkanes of at least 4 members (excludes halogenated alkanes) is 1. The van der Waals surface area contributed by atoms with E-state index in [2.05, 4.69) is 67.2 Å². The standard InChI is InChI=1S/C25H30N10O/c1-4-5-9-21-15-33(23-27-17-28-35(23)18(2)3)24(36)34(21)16-25(10-12-26-13-11-25)20-8-6-7-19(14-20)22-29-31-32-30-22/h6-8,10-15,17-18,26H,4-5,9,16H2,1-3H3,(H,29,30,31,32). The van der Waals surface area contributed by atoms with Gasteiger partial charge in [-0.25, -0.2) is 19.1 Å². The van der Waals surface area contributed by atoms with Crippen molar-refractivity contribution >= 4 is 0 Å². The largest absolute Gasteiger partial charge is 0.368 e. The van der Waals surface area contributed by atoms with Gasteiger partial charge in [0.1, 0.15) is 6.33 Å². The van der Waals surface area contributed by atoms with E-state index >= 15 is 0 Å². The quantitative estimate of drug-likeness (QED) is 0.373. The zero-order valence-electron chi connectivity index (χ0n) is 20.7. The lowest BCUT2D eigenvalue weighted by atomic mass is 9.78. The number of aromatic amines is 1.